The highest BCUT2D eigenvalue weighted by molar-refractivity contribution is 5.91. The van der Waals surface area contributed by atoms with Crippen molar-refractivity contribution in [2.45, 2.75) is 13.2 Å². The molecule has 0 bridgehead atoms. The summed E-state index contributed by atoms with van der Waals surface area (Å²) in [5.74, 6) is -0.258. The lowest BCUT2D eigenvalue weighted by molar-refractivity contribution is -0.133. The Labute approximate surface area is 170 Å². The van der Waals surface area contributed by atoms with Crippen molar-refractivity contribution in [3.8, 4) is 5.75 Å². The van der Waals surface area contributed by atoms with Crippen molar-refractivity contribution in [2.24, 2.45) is 0 Å². The molecule has 0 aliphatic carbocycles. The molecule has 0 N–H and O–H groups in total. The van der Waals surface area contributed by atoms with Gasteiger partial charge in [-0.1, -0.05) is 66.7 Å². The Bertz CT molecular complexity index is 941. The van der Waals surface area contributed by atoms with E-state index in [-0.39, 0.29) is 12.5 Å². The van der Waals surface area contributed by atoms with Gasteiger partial charge in [0.1, 0.15) is 12.4 Å². The first-order valence-electron chi connectivity index (χ1n) is 9.33. The van der Waals surface area contributed by atoms with Crippen LogP contribution >= 0.6 is 0 Å². The number of esters is 1. The minimum atomic E-state index is -0.559. The van der Waals surface area contributed by atoms with Crippen molar-refractivity contribution in [3.63, 3.8) is 0 Å². The minimum Gasteiger partial charge on any atom is -0.489 e. The van der Waals surface area contributed by atoms with Crippen LogP contribution in [0.4, 0.5) is 0 Å². The van der Waals surface area contributed by atoms with Gasteiger partial charge in [0, 0.05) is 13.6 Å². The van der Waals surface area contributed by atoms with Gasteiger partial charge in [-0.25, -0.2) is 4.79 Å². The highest BCUT2D eigenvalue weighted by Gasteiger charge is 2.14. The van der Waals surface area contributed by atoms with E-state index < -0.39 is 5.97 Å². The molecule has 0 heterocycles. The van der Waals surface area contributed by atoms with E-state index in [4.69, 9.17) is 9.47 Å². The SMILES string of the molecule is CN(Cc1ccccc1)C(=O)COC(=O)c1cccc(OCc2ccccc2)c1. The summed E-state index contributed by atoms with van der Waals surface area (Å²) in [6.45, 7) is 0.555. The summed E-state index contributed by atoms with van der Waals surface area (Å²) in [5.41, 5.74) is 2.39. The van der Waals surface area contributed by atoms with Gasteiger partial charge in [0.15, 0.2) is 6.61 Å². The average molecular weight is 389 g/mol. The third kappa shape index (κ3) is 6.21. The fourth-order valence-electron chi connectivity index (χ4n) is 2.72. The molecule has 0 aromatic heterocycles. The van der Waals surface area contributed by atoms with E-state index in [0.717, 1.165) is 11.1 Å². The smallest absolute Gasteiger partial charge is 0.338 e. The Morgan fingerprint density at radius 2 is 1.48 bits per heavy atom. The summed E-state index contributed by atoms with van der Waals surface area (Å²) in [4.78, 5) is 26.1. The molecule has 0 spiro atoms. The van der Waals surface area contributed by atoms with E-state index in [0.29, 0.717) is 24.5 Å². The summed E-state index contributed by atoms with van der Waals surface area (Å²) in [6, 6.07) is 26.2. The fourth-order valence-corrected chi connectivity index (χ4v) is 2.72. The van der Waals surface area contributed by atoms with Crippen LogP contribution in [0.1, 0.15) is 21.5 Å². The van der Waals surface area contributed by atoms with Crippen LogP contribution < -0.4 is 4.74 Å². The molecule has 0 aliphatic rings. The number of rotatable bonds is 8. The second-order valence-electron chi connectivity index (χ2n) is 6.61. The number of likely N-dealkylation sites (N-methyl/N-ethyl adjacent to an activating group) is 1. The third-order valence-corrected chi connectivity index (χ3v) is 4.33. The number of ether oxygens (including phenoxy) is 2. The zero-order valence-corrected chi connectivity index (χ0v) is 16.3. The van der Waals surface area contributed by atoms with Gasteiger partial charge in [-0.2, -0.15) is 0 Å². The molecule has 5 nitrogen and oxygen atoms in total. The lowest BCUT2D eigenvalue weighted by atomic mass is 10.2. The predicted molar refractivity (Wildman–Crippen MR) is 110 cm³/mol. The van der Waals surface area contributed by atoms with Gasteiger partial charge in [-0.15, -0.1) is 0 Å². The van der Waals surface area contributed by atoms with Crippen molar-refractivity contribution >= 4 is 11.9 Å². The molecule has 29 heavy (non-hydrogen) atoms. The van der Waals surface area contributed by atoms with Gasteiger partial charge in [0.2, 0.25) is 0 Å². The van der Waals surface area contributed by atoms with E-state index in [2.05, 4.69) is 0 Å². The standard InChI is InChI=1S/C24H23NO4/c1-25(16-19-9-4-2-5-10-19)23(26)18-29-24(27)21-13-8-14-22(15-21)28-17-20-11-6-3-7-12-20/h2-15H,16-18H2,1H3. The Kier molecular flexibility index (Phi) is 7.00. The van der Waals surface area contributed by atoms with E-state index in [1.165, 1.54) is 4.90 Å². The first-order valence-corrected chi connectivity index (χ1v) is 9.33. The molecule has 148 valence electrons. The maximum absolute atomic E-state index is 12.3. The number of hydrogen-bond acceptors (Lipinski definition) is 4. The van der Waals surface area contributed by atoms with Gasteiger partial charge in [0.05, 0.1) is 5.56 Å². The molecule has 5 heteroatoms. The molecule has 0 aliphatic heterocycles. The van der Waals surface area contributed by atoms with Crippen molar-refractivity contribution in [1.29, 1.82) is 0 Å². The first-order chi connectivity index (χ1) is 14.1. The van der Waals surface area contributed by atoms with Crippen molar-refractivity contribution in [3.05, 3.63) is 102 Å². The molecule has 0 saturated heterocycles. The summed E-state index contributed by atoms with van der Waals surface area (Å²) in [7, 11) is 1.68. The van der Waals surface area contributed by atoms with Crippen LogP contribution in [-0.4, -0.2) is 30.4 Å². The van der Waals surface area contributed by atoms with Crippen molar-refractivity contribution < 1.29 is 19.1 Å². The molecule has 0 saturated carbocycles. The van der Waals surface area contributed by atoms with E-state index >= 15 is 0 Å². The molecular formula is C24H23NO4. The van der Waals surface area contributed by atoms with Crippen LogP contribution in [0.15, 0.2) is 84.9 Å². The van der Waals surface area contributed by atoms with Crippen molar-refractivity contribution in [1.82, 2.24) is 4.90 Å². The van der Waals surface area contributed by atoms with Crippen LogP contribution in [0.25, 0.3) is 0 Å². The van der Waals surface area contributed by atoms with Gasteiger partial charge in [0.25, 0.3) is 5.91 Å². The molecule has 3 aromatic rings. The fraction of sp³-hybridized carbons (Fsp3) is 0.167. The molecule has 0 unspecified atom stereocenters. The summed E-state index contributed by atoms with van der Waals surface area (Å²) >= 11 is 0. The molecule has 0 fully saturated rings. The van der Waals surface area contributed by atoms with E-state index in [1.807, 2.05) is 60.7 Å². The number of nitrogens with zero attached hydrogens (tertiary/aromatic N) is 1. The van der Waals surface area contributed by atoms with Crippen LogP contribution in [0, 0.1) is 0 Å². The number of hydrogen-bond donors (Lipinski definition) is 0. The molecule has 3 aromatic carbocycles. The van der Waals surface area contributed by atoms with Crippen LogP contribution in [0.5, 0.6) is 5.75 Å². The third-order valence-electron chi connectivity index (χ3n) is 4.33. The monoisotopic (exact) mass is 389 g/mol. The number of carbonyl (C=O) groups is 2. The Balaban J connectivity index is 1.50. The highest BCUT2D eigenvalue weighted by atomic mass is 16.5. The predicted octanol–water partition coefficient (Wildman–Crippen LogP) is 4.08. The minimum absolute atomic E-state index is 0.265. The van der Waals surface area contributed by atoms with Crippen LogP contribution in [0.3, 0.4) is 0 Å². The number of carbonyl (C=O) groups excluding carboxylic acids is 2. The molecular weight excluding hydrogens is 366 g/mol. The Hall–Kier alpha value is -3.60. The molecule has 0 radical (unpaired) electrons. The zero-order chi connectivity index (χ0) is 20.5. The highest BCUT2D eigenvalue weighted by Crippen LogP contribution is 2.16. The van der Waals surface area contributed by atoms with Gasteiger partial charge in [-0.05, 0) is 29.3 Å². The lowest BCUT2D eigenvalue weighted by Crippen LogP contribution is -2.30. The summed E-state index contributed by atoms with van der Waals surface area (Å²) in [5, 5.41) is 0. The Morgan fingerprint density at radius 1 is 0.828 bits per heavy atom. The molecule has 1 amide bonds. The normalized spacial score (nSPS) is 10.2. The second-order valence-corrected chi connectivity index (χ2v) is 6.61. The second kappa shape index (κ2) is 10.1. The summed E-state index contributed by atoms with van der Waals surface area (Å²) in [6.07, 6.45) is 0. The Morgan fingerprint density at radius 3 is 2.17 bits per heavy atom. The van der Waals surface area contributed by atoms with Gasteiger partial charge in [-0.3, -0.25) is 4.79 Å². The van der Waals surface area contributed by atoms with E-state index in [9.17, 15) is 9.59 Å². The topological polar surface area (TPSA) is 55.8 Å². The first kappa shape index (κ1) is 20.1. The van der Waals surface area contributed by atoms with Gasteiger partial charge >= 0.3 is 5.97 Å². The maximum Gasteiger partial charge on any atom is 0.338 e. The zero-order valence-electron chi connectivity index (χ0n) is 16.3. The van der Waals surface area contributed by atoms with E-state index in [1.54, 1.807) is 31.3 Å². The van der Waals surface area contributed by atoms with Crippen molar-refractivity contribution in [2.75, 3.05) is 13.7 Å². The maximum atomic E-state index is 12.3. The lowest BCUT2D eigenvalue weighted by Gasteiger charge is -2.17. The molecule has 3 rings (SSSR count). The quantitative estimate of drug-likeness (QED) is 0.545. The number of amides is 1. The summed E-state index contributed by atoms with van der Waals surface area (Å²) < 4.78 is 10.9. The average Bonchev–Trinajstić information content (AvgIpc) is 2.77. The number of benzene rings is 3. The van der Waals surface area contributed by atoms with Crippen LogP contribution in [0.2, 0.25) is 0 Å². The van der Waals surface area contributed by atoms with Gasteiger partial charge < -0.3 is 14.4 Å². The van der Waals surface area contributed by atoms with Crippen LogP contribution in [-0.2, 0) is 22.7 Å². The molecule has 0 atom stereocenters. The largest absolute Gasteiger partial charge is 0.489 e.